The molecule has 8 heteroatoms. The number of ether oxygens (including phenoxy) is 2. The van der Waals surface area contributed by atoms with E-state index in [1.807, 2.05) is 30.3 Å². The molecule has 0 fully saturated rings. The molecule has 3 aromatic carbocycles. The third-order valence-electron chi connectivity index (χ3n) is 4.70. The van der Waals surface area contributed by atoms with Crippen LogP contribution in [0.2, 0.25) is 0 Å². The summed E-state index contributed by atoms with van der Waals surface area (Å²) in [6.45, 7) is 1.74. The van der Waals surface area contributed by atoms with E-state index >= 15 is 0 Å². The van der Waals surface area contributed by atoms with E-state index in [1.165, 1.54) is 6.92 Å². The Morgan fingerprint density at radius 1 is 1.19 bits per heavy atom. The molecule has 1 N–H and O–H groups in total. The van der Waals surface area contributed by atoms with Crippen LogP contribution in [0, 0.1) is 0 Å². The fourth-order valence-electron chi connectivity index (χ4n) is 3.30. The van der Waals surface area contributed by atoms with Gasteiger partial charge in [0.1, 0.15) is 6.61 Å². The van der Waals surface area contributed by atoms with E-state index in [-0.39, 0.29) is 11.1 Å². The molecule has 1 aliphatic heterocycles. The number of carbonyl (C=O) groups excluding carboxylic acids is 2. The summed E-state index contributed by atoms with van der Waals surface area (Å²) >= 11 is 4.68. The first-order valence-corrected chi connectivity index (χ1v) is 11.3. The molecule has 0 bridgehead atoms. The number of nitrogens with one attached hydrogen (secondary N) is 1. The van der Waals surface area contributed by atoms with Gasteiger partial charge in [-0.05, 0) is 67.8 Å². The van der Waals surface area contributed by atoms with Crippen molar-refractivity contribution >= 4 is 61.5 Å². The highest BCUT2D eigenvalue weighted by atomic mass is 79.9. The van der Waals surface area contributed by atoms with Crippen molar-refractivity contribution in [2.24, 2.45) is 4.99 Å². The van der Waals surface area contributed by atoms with Crippen molar-refractivity contribution in [1.29, 1.82) is 0 Å². The molecule has 0 saturated heterocycles. The van der Waals surface area contributed by atoms with Gasteiger partial charge in [0.05, 0.1) is 16.5 Å². The van der Waals surface area contributed by atoms with Gasteiger partial charge in [-0.25, -0.2) is 0 Å². The summed E-state index contributed by atoms with van der Waals surface area (Å²) in [6.07, 6.45) is 1.70. The Kier molecular flexibility index (Phi) is 6.62. The molecule has 2 amide bonds. The minimum absolute atomic E-state index is 0.273. The Hall–Kier alpha value is -3.10. The van der Waals surface area contributed by atoms with E-state index in [1.54, 1.807) is 19.3 Å². The van der Waals surface area contributed by atoms with Gasteiger partial charge in [-0.3, -0.25) is 9.59 Å². The zero-order valence-corrected chi connectivity index (χ0v) is 19.7. The molecule has 0 aromatic heterocycles. The summed E-state index contributed by atoms with van der Waals surface area (Å²) in [4.78, 5) is 27.6. The van der Waals surface area contributed by atoms with Gasteiger partial charge in [-0.2, -0.15) is 4.99 Å². The lowest BCUT2D eigenvalue weighted by Gasteiger charge is -2.15. The molecule has 162 valence electrons. The monoisotopic (exact) mass is 510 g/mol. The van der Waals surface area contributed by atoms with Gasteiger partial charge in [0, 0.05) is 6.92 Å². The van der Waals surface area contributed by atoms with Crippen LogP contribution in [-0.4, -0.2) is 24.1 Å². The Morgan fingerprint density at radius 2 is 1.97 bits per heavy atom. The van der Waals surface area contributed by atoms with Crippen molar-refractivity contribution in [3.8, 4) is 11.5 Å². The number of hydrogen-bond acceptors (Lipinski definition) is 5. The lowest BCUT2D eigenvalue weighted by atomic mass is 10.1. The predicted molar refractivity (Wildman–Crippen MR) is 131 cm³/mol. The molecule has 32 heavy (non-hydrogen) atoms. The molecule has 0 unspecified atom stereocenters. The fraction of sp³-hybridized carbons (Fsp3) is 0.125. The van der Waals surface area contributed by atoms with Crippen molar-refractivity contribution in [1.82, 2.24) is 5.32 Å². The van der Waals surface area contributed by atoms with Crippen LogP contribution in [0.5, 0.6) is 11.5 Å². The largest absolute Gasteiger partial charge is 0.493 e. The molecule has 3 aromatic rings. The van der Waals surface area contributed by atoms with Crippen molar-refractivity contribution < 1.29 is 19.1 Å². The molecular weight excluding hydrogens is 492 g/mol. The van der Waals surface area contributed by atoms with Crippen molar-refractivity contribution in [3.05, 3.63) is 75.1 Å². The number of thioether (sulfide) groups is 1. The van der Waals surface area contributed by atoms with E-state index in [9.17, 15) is 9.59 Å². The maximum absolute atomic E-state index is 12.1. The van der Waals surface area contributed by atoms with Gasteiger partial charge in [-0.15, -0.1) is 0 Å². The number of fused-ring (bicyclic) bond motifs is 1. The lowest BCUT2D eigenvalue weighted by Crippen LogP contribution is -2.23. The normalized spacial score (nSPS) is 14.5. The minimum Gasteiger partial charge on any atom is -0.493 e. The van der Waals surface area contributed by atoms with Gasteiger partial charge < -0.3 is 14.8 Å². The molecule has 0 aliphatic carbocycles. The van der Waals surface area contributed by atoms with Crippen LogP contribution < -0.4 is 14.8 Å². The molecule has 0 radical (unpaired) electrons. The van der Waals surface area contributed by atoms with E-state index in [2.05, 4.69) is 44.4 Å². The Labute approximate surface area is 197 Å². The molecule has 1 heterocycles. The van der Waals surface area contributed by atoms with Crippen LogP contribution >= 0.6 is 27.7 Å². The average Bonchev–Trinajstić information content (AvgIpc) is 3.10. The van der Waals surface area contributed by atoms with E-state index < -0.39 is 5.91 Å². The summed E-state index contributed by atoms with van der Waals surface area (Å²) in [5.41, 5.74) is 1.81. The number of benzene rings is 3. The fourth-order valence-corrected chi connectivity index (χ4v) is 4.73. The maximum Gasteiger partial charge on any atom is 0.286 e. The first-order valence-electron chi connectivity index (χ1n) is 9.71. The quantitative estimate of drug-likeness (QED) is 0.471. The van der Waals surface area contributed by atoms with Gasteiger partial charge in [0.2, 0.25) is 5.91 Å². The molecule has 6 nitrogen and oxygen atoms in total. The second-order valence-electron chi connectivity index (χ2n) is 6.98. The van der Waals surface area contributed by atoms with E-state index in [4.69, 9.17) is 9.47 Å². The second-order valence-corrected chi connectivity index (χ2v) is 8.86. The number of methoxy groups -OCH3 is 1. The topological polar surface area (TPSA) is 77.0 Å². The second kappa shape index (κ2) is 9.58. The number of hydrogen-bond donors (Lipinski definition) is 1. The maximum atomic E-state index is 12.1. The average molecular weight is 511 g/mol. The van der Waals surface area contributed by atoms with Crippen LogP contribution in [-0.2, 0) is 16.2 Å². The van der Waals surface area contributed by atoms with Crippen molar-refractivity contribution in [2.45, 2.75) is 13.5 Å². The SMILES string of the molecule is COc1cc(/C=C2/SC(NC(C)=O)=NC2=O)cc(Br)c1OCc1cccc2ccccc12. The lowest BCUT2D eigenvalue weighted by molar-refractivity contribution is -0.117. The first kappa shape index (κ1) is 22.1. The van der Waals surface area contributed by atoms with Crippen LogP contribution in [0.15, 0.2) is 69.0 Å². The third-order valence-corrected chi connectivity index (χ3v) is 6.19. The highest BCUT2D eigenvalue weighted by Gasteiger charge is 2.23. The molecule has 4 rings (SSSR count). The van der Waals surface area contributed by atoms with Crippen LogP contribution in [0.3, 0.4) is 0 Å². The zero-order valence-electron chi connectivity index (χ0n) is 17.3. The number of halogens is 1. The molecular formula is C24H19BrN2O4S. The summed E-state index contributed by atoms with van der Waals surface area (Å²) in [5, 5.41) is 5.10. The summed E-state index contributed by atoms with van der Waals surface area (Å²) < 4.78 is 12.4. The Bertz CT molecular complexity index is 1280. The highest BCUT2D eigenvalue weighted by Crippen LogP contribution is 2.39. The number of carbonyl (C=O) groups is 2. The Morgan fingerprint density at radius 3 is 2.75 bits per heavy atom. The number of aliphatic imine (C=N–C) groups is 1. The van der Waals surface area contributed by atoms with Gasteiger partial charge in [0.25, 0.3) is 5.91 Å². The summed E-state index contributed by atoms with van der Waals surface area (Å²) in [6, 6.07) is 17.9. The van der Waals surface area contributed by atoms with Crippen molar-refractivity contribution in [3.63, 3.8) is 0 Å². The zero-order chi connectivity index (χ0) is 22.7. The molecule has 0 spiro atoms. The highest BCUT2D eigenvalue weighted by molar-refractivity contribution is 9.10. The third kappa shape index (κ3) is 4.87. The smallest absolute Gasteiger partial charge is 0.286 e. The van der Waals surface area contributed by atoms with E-state index in [0.29, 0.717) is 27.5 Å². The van der Waals surface area contributed by atoms with Gasteiger partial charge in [0.15, 0.2) is 16.7 Å². The Balaban J connectivity index is 1.56. The minimum atomic E-state index is -0.398. The van der Waals surface area contributed by atoms with Gasteiger partial charge >= 0.3 is 0 Å². The van der Waals surface area contributed by atoms with Crippen LogP contribution in [0.25, 0.3) is 16.8 Å². The predicted octanol–water partition coefficient (Wildman–Crippen LogP) is 5.30. The van der Waals surface area contributed by atoms with Crippen LogP contribution in [0.1, 0.15) is 18.1 Å². The summed E-state index contributed by atoms with van der Waals surface area (Å²) in [5.74, 6) is 0.431. The van der Waals surface area contributed by atoms with Crippen LogP contribution in [0.4, 0.5) is 0 Å². The van der Waals surface area contributed by atoms with Gasteiger partial charge in [-0.1, -0.05) is 42.5 Å². The molecule has 0 atom stereocenters. The van der Waals surface area contributed by atoms with Crippen molar-refractivity contribution in [2.75, 3.05) is 7.11 Å². The molecule has 1 aliphatic rings. The summed E-state index contributed by atoms with van der Waals surface area (Å²) in [7, 11) is 1.57. The van der Waals surface area contributed by atoms with E-state index in [0.717, 1.165) is 33.7 Å². The number of amides is 2. The number of rotatable bonds is 5. The standard InChI is InChI=1S/C24H19BrN2O4S/c1-14(28)26-24-27-23(29)21(32-24)12-15-10-19(25)22(20(11-15)30-2)31-13-17-8-5-7-16-6-3-4-9-18(16)17/h3-12H,13H2,1-2H3,(H,26,27,28,29)/b21-12+. The molecule has 0 saturated carbocycles. The number of amidine groups is 1. The number of nitrogens with zero attached hydrogens (tertiary/aromatic N) is 1. The first-order chi connectivity index (χ1) is 15.4.